The molecule has 5 nitrogen and oxygen atoms in total. The maximum absolute atomic E-state index is 13.7. The Kier molecular flexibility index (Phi) is 7.49. The van der Waals surface area contributed by atoms with E-state index >= 15 is 0 Å². The maximum Gasteiger partial charge on any atom is 0.325 e. The van der Waals surface area contributed by atoms with Gasteiger partial charge in [0.15, 0.2) is 0 Å². The molecular formula is C28H31NO4S. The number of aryl methyl sites for hydroxylation is 1. The predicted octanol–water partition coefficient (Wildman–Crippen LogP) is 5.24. The molecule has 1 aliphatic heterocycles. The van der Waals surface area contributed by atoms with Crippen LogP contribution in [0.3, 0.4) is 0 Å². The molecule has 1 heterocycles. The molecule has 34 heavy (non-hydrogen) atoms. The summed E-state index contributed by atoms with van der Waals surface area (Å²) in [7, 11) is -3.87. The first-order valence-electron chi connectivity index (χ1n) is 11.8. The van der Waals surface area contributed by atoms with Gasteiger partial charge in [0, 0.05) is 12.5 Å². The van der Waals surface area contributed by atoms with Crippen LogP contribution in [-0.4, -0.2) is 35.9 Å². The molecule has 0 aliphatic carbocycles. The number of benzene rings is 3. The fourth-order valence-electron chi connectivity index (χ4n) is 5.26. The molecule has 2 atom stereocenters. The lowest BCUT2D eigenvalue weighted by atomic mass is 9.71. The molecule has 0 amide bonds. The summed E-state index contributed by atoms with van der Waals surface area (Å²) in [5.41, 5.74) is 1.11. The van der Waals surface area contributed by atoms with Crippen molar-refractivity contribution in [3.05, 3.63) is 108 Å². The van der Waals surface area contributed by atoms with Gasteiger partial charge in [0.25, 0.3) is 0 Å². The van der Waals surface area contributed by atoms with Crippen LogP contribution >= 0.6 is 0 Å². The summed E-state index contributed by atoms with van der Waals surface area (Å²) in [6.07, 6.45) is 2.84. The van der Waals surface area contributed by atoms with E-state index in [1.807, 2.05) is 66.7 Å². The lowest BCUT2D eigenvalue weighted by Crippen LogP contribution is -2.62. The van der Waals surface area contributed by atoms with Crippen molar-refractivity contribution in [3.8, 4) is 0 Å². The van der Waals surface area contributed by atoms with Gasteiger partial charge in [-0.2, -0.15) is 4.31 Å². The molecule has 0 radical (unpaired) electrons. The third-order valence-corrected chi connectivity index (χ3v) is 8.73. The van der Waals surface area contributed by atoms with Gasteiger partial charge in [0.2, 0.25) is 10.0 Å². The van der Waals surface area contributed by atoms with E-state index in [0.29, 0.717) is 37.7 Å². The standard InChI is InChI=1S/C28H31NO4S/c30-27(31)28(20-10-11-21-29(28)34(32,33)22-24-14-6-2-7-15-24)26(25-16-8-3-9-17-25)19-18-23-12-4-1-5-13-23/h1-9,12-17,26H,10-11,18-22H2,(H,30,31)/t26-,28?/m1/s1. The monoisotopic (exact) mass is 477 g/mol. The van der Waals surface area contributed by atoms with Crippen molar-refractivity contribution in [2.24, 2.45) is 0 Å². The summed E-state index contributed by atoms with van der Waals surface area (Å²) in [6.45, 7) is 0.218. The van der Waals surface area contributed by atoms with Crippen molar-refractivity contribution >= 4 is 16.0 Å². The molecule has 1 saturated heterocycles. The van der Waals surface area contributed by atoms with Crippen LogP contribution in [0.2, 0.25) is 0 Å². The summed E-state index contributed by atoms with van der Waals surface area (Å²) < 4.78 is 28.8. The molecular weight excluding hydrogens is 446 g/mol. The predicted molar refractivity (Wildman–Crippen MR) is 134 cm³/mol. The zero-order valence-corrected chi connectivity index (χ0v) is 20.0. The molecule has 0 aromatic heterocycles. The second-order valence-corrected chi connectivity index (χ2v) is 10.9. The van der Waals surface area contributed by atoms with Gasteiger partial charge in [-0.15, -0.1) is 0 Å². The zero-order valence-electron chi connectivity index (χ0n) is 19.2. The highest BCUT2D eigenvalue weighted by atomic mass is 32.2. The first-order valence-corrected chi connectivity index (χ1v) is 13.4. The topological polar surface area (TPSA) is 74.7 Å². The van der Waals surface area contributed by atoms with Crippen LogP contribution in [0, 0.1) is 0 Å². The number of hydrogen-bond acceptors (Lipinski definition) is 3. The molecule has 3 aromatic rings. The number of carbonyl (C=O) groups is 1. The minimum atomic E-state index is -3.87. The van der Waals surface area contributed by atoms with Crippen LogP contribution in [0.1, 0.15) is 48.3 Å². The summed E-state index contributed by atoms with van der Waals surface area (Å²) in [5, 5.41) is 10.7. The molecule has 1 N–H and O–H groups in total. The Labute approximate surface area is 202 Å². The number of sulfonamides is 1. The van der Waals surface area contributed by atoms with Gasteiger partial charge < -0.3 is 5.11 Å². The lowest BCUT2D eigenvalue weighted by Gasteiger charge is -2.48. The first-order chi connectivity index (χ1) is 16.4. The lowest BCUT2D eigenvalue weighted by molar-refractivity contribution is -0.152. The second kappa shape index (κ2) is 10.5. The maximum atomic E-state index is 13.7. The first kappa shape index (κ1) is 24.2. The number of hydrogen-bond donors (Lipinski definition) is 1. The van der Waals surface area contributed by atoms with Crippen molar-refractivity contribution < 1.29 is 18.3 Å². The number of carboxylic acids is 1. The fourth-order valence-corrected chi connectivity index (χ4v) is 7.23. The molecule has 178 valence electrons. The molecule has 1 fully saturated rings. The number of carboxylic acid groups (broad SMARTS) is 1. The Morgan fingerprint density at radius 3 is 2.00 bits per heavy atom. The van der Waals surface area contributed by atoms with Crippen molar-refractivity contribution in [1.82, 2.24) is 4.31 Å². The molecule has 0 bridgehead atoms. The van der Waals surface area contributed by atoms with Gasteiger partial charge in [-0.25, -0.2) is 8.42 Å². The summed E-state index contributed by atoms with van der Waals surface area (Å²) in [5.74, 6) is -1.74. The van der Waals surface area contributed by atoms with Crippen LogP contribution in [0.4, 0.5) is 0 Å². The highest BCUT2D eigenvalue weighted by molar-refractivity contribution is 7.88. The van der Waals surface area contributed by atoms with Gasteiger partial charge in [-0.3, -0.25) is 4.79 Å². The Hall–Kier alpha value is -2.96. The summed E-state index contributed by atoms with van der Waals surface area (Å²) in [6, 6.07) is 28.5. The third-order valence-electron chi connectivity index (χ3n) is 6.86. The molecule has 0 spiro atoms. The van der Waals surface area contributed by atoms with Gasteiger partial charge >= 0.3 is 5.97 Å². The number of nitrogens with zero attached hydrogens (tertiary/aromatic N) is 1. The normalized spacial score (nSPS) is 20.0. The molecule has 6 heteroatoms. The average molecular weight is 478 g/mol. The van der Waals surface area contributed by atoms with Gasteiger partial charge in [-0.1, -0.05) is 91.0 Å². The molecule has 0 saturated carbocycles. The van der Waals surface area contributed by atoms with E-state index in [0.717, 1.165) is 11.1 Å². The number of aliphatic carboxylic acids is 1. The Morgan fingerprint density at radius 2 is 1.41 bits per heavy atom. The van der Waals surface area contributed by atoms with Crippen molar-refractivity contribution in [3.63, 3.8) is 0 Å². The van der Waals surface area contributed by atoms with Crippen molar-refractivity contribution in [2.45, 2.75) is 49.3 Å². The Bertz CT molecular complexity index is 1180. The second-order valence-electron chi connectivity index (χ2n) is 8.99. The van der Waals surface area contributed by atoms with Crippen LogP contribution in [0.15, 0.2) is 91.0 Å². The minimum Gasteiger partial charge on any atom is -0.480 e. The van der Waals surface area contributed by atoms with Crippen molar-refractivity contribution in [2.75, 3.05) is 6.54 Å². The molecule has 4 rings (SSSR count). The summed E-state index contributed by atoms with van der Waals surface area (Å²) >= 11 is 0. The van der Waals surface area contributed by atoms with Crippen molar-refractivity contribution in [1.29, 1.82) is 0 Å². The highest BCUT2D eigenvalue weighted by Gasteiger charge is 2.56. The largest absolute Gasteiger partial charge is 0.480 e. The fraction of sp³-hybridized carbons (Fsp3) is 0.321. The quantitative estimate of drug-likeness (QED) is 0.457. The van der Waals surface area contributed by atoms with Gasteiger partial charge in [-0.05, 0) is 48.8 Å². The highest BCUT2D eigenvalue weighted by Crippen LogP contribution is 2.45. The average Bonchev–Trinajstić information content (AvgIpc) is 2.86. The minimum absolute atomic E-state index is 0.205. The van der Waals surface area contributed by atoms with E-state index < -0.39 is 27.4 Å². The summed E-state index contributed by atoms with van der Waals surface area (Å²) in [4.78, 5) is 13.1. The van der Waals surface area contributed by atoms with Gasteiger partial charge in [0.1, 0.15) is 5.54 Å². The van der Waals surface area contributed by atoms with E-state index in [9.17, 15) is 18.3 Å². The van der Waals surface area contributed by atoms with Gasteiger partial charge in [0.05, 0.1) is 5.75 Å². The van der Waals surface area contributed by atoms with E-state index in [1.165, 1.54) is 4.31 Å². The zero-order chi connectivity index (χ0) is 24.0. The molecule has 3 aromatic carbocycles. The smallest absolute Gasteiger partial charge is 0.325 e. The van der Waals surface area contributed by atoms with E-state index in [4.69, 9.17) is 0 Å². The van der Waals surface area contributed by atoms with Crippen LogP contribution < -0.4 is 0 Å². The third kappa shape index (κ3) is 5.08. The SMILES string of the molecule is O=C(O)C1([C@H](CCc2ccccc2)c2ccccc2)CCCCN1S(=O)(=O)Cc1ccccc1. The van der Waals surface area contributed by atoms with Crippen LogP contribution in [0.25, 0.3) is 0 Å². The van der Waals surface area contributed by atoms with E-state index in [2.05, 4.69) is 0 Å². The Balaban J connectivity index is 1.77. The molecule has 1 unspecified atom stereocenters. The van der Waals surface area contributed by atoms with Crippen LogP contribution in [-0.2, 0) is 27.0 Å². The van der Waals surface area contributed by atoms with Crippen LogP contribution in [0.5, 0.6) is 0 Å². The number of rotatable bonds is 9. The Morgan fingerprint density at radius 1 is 0.853 bits per heavy atom. The molecule has 1 aliphatic rings. The number of piperidine rings is 1. The van der Waals surface area contributed by atoms with E-state index in [1.54, 1.807) is 24.3 Å². The van der Waals surface area contributed by atoms with E-state index in [-0.39, 0.29) is 12.3 Å².